The van der Waals surface area contributed by atoms with Gasteiger partial charge in [-0.3, -0.25) is 9.69 Å². The number of rotatable bonds is 7. The van der Waals surface area contributed by atoms with E-state index in [1.54, 1.807) is 41.2 Å². The number of nitrogens with one attached hydrogen (secondary N) is 1. The van der Waals surface area contributed by atoms with E-state index < -0.39 is 11.6 Å². The summed E-state index contributed by atoms with van der Waals surface area (Å²) in [4.78, 5) is 14.8. The van der Waals surface area contributed by atoms with Crippen LogP contribution in [-0.2, 0) is 0 Å². The third-order valence-electron chi connectivity index (χ3n) is 5.81. The number of carbonyl (C=O) groups is 1. The lowest BCUT2D eigenvalue weighted by Gasteiger charge is -2.23. The Balaban J connectivity index is 1.45. The number of benzene rings is 2. The summed E-state index contributed by atoms with van der Waals surface area (Å²) in [5.41, 5.74) is 2.31. The van der Waals surface area contributed by atoms with Gasteiger partial charge in [-0.05, 0) is 67.9 Å². The fourth-order valence-corrected chi connectivity index (χ4v) is 4.14. The predicted molar refractivity (Wildman–Crippen MR) is 127 cm³/mol. The first-order valence-corrected chi connectivity index (χ1v) is 10.9. The molecule has 1 fully saturated rings. The monoisotopic (exact) mass is 459 g/mol. The lowest BCUT2D eigenvalue weighted by molar-refractivity contribution is 0.102. The molecule has 1 aliphatic rings. The minimum Gasteiger partial charge on any atom is -0.322 e. The smallest absolute Gasteiger partial charge is 0.259 e. The highest BCUT2D eigenvalue weighted by molar-refractivity contribution is 6.06. The molecule has 3 aromatic rings. The van der Waals surface area contributed by atoms with Gasteiger partial charge in [0, 0.05) is 30.0 Å². The largest absolute Gasteiger partial charge is 0.322 e. The topological polar surface area (TPSA) is 74.0 Å². The Bertz CT molecular complexity index is 1270. The van der Waals surface area contributed by atoms with Crippen LogP contribution in [0.1, 0.15) is 46.1 Å². The number of amides is 1. The summed E-state index contributed by atoms with van der Waals surface area (Å²) < 4.78 is 29.5. The van der Waals surface area contributed by atoms with Gasteiger partial charge in [-0.1, -0.05) is 12.7 Å². The number of carbonyl (C=O) groups excluding carboxylic acids is 1. The van der Waals surface area contributed by atoms with Crippen molar-refractivity contribution in [3.63, 3.8) is 0 Å². The van der Waals surface area contributed by atoms with E-state index in [0.29, 0.717) is 34.6 Å². The highest BCUT2D eigenvalue weighted by atomic mass is 19.1. The predicted octanol–water partition coefficient (Wildman–Crippen LogP) is 5.24. The maximum atomic E-state index is 14.3. The molecule has 0 saturated carbocycles. The molecule has 1 aromatic heterocycles. The van der Waals surface area contributed by atoms with Crippen molar-refractivity contribution in [2.75, 3.05) is 18.4 Å². The van der Waals surface area contributed by atoms with E-state index in [4.69, 9.17) is 5.26 Å². The van der Waals surface area contributed by atoms with Crippen LogP contribution < -0.4 is 5.32 Å². The molecular formula is C26H23F2N5O. The second-order valence-corrected chi connectivity index (χ2v) is 7.94. The Hall–Kier alpha value is -4.09. The van der Waals surface area contributed by atoms with E-state index in [1.165, 1.54) is 18.3 Å². The van der Waals surface area contributed by atoms with Crippen LogP contribution in [0, 0.1) is 23.0 Å². The van der Waals surface area contributed by atoms with Crippen LogP contribution in [0.25, 0.3) is 12.3 Å². The number of nitriles is 1. The fourth-order valence-electron chi connectivity index (χ4n) is 4.14. The molecule has 172 valence electrons. The van der Waals surface area contributed by atoms with Crippen molar-refractivity contribution in [2.24, 2.45) is 0 Å². The van der Waals surface area contributed by atoms with Gasteiger partial charge in [0.15, 0.2) is 0 Å². The molecule has 34 heavy (non-hydrogen) atoms. The Kier molecular flexibility index (Phi) is 6.95. The Morgan fingerprint density at radius 2 is 2.06 bits per heavy atom. The van der Waals surface area contributed by atoms with Crippen molar-refractivity contribution in [1.29, 1.82) is 5.26 Å². The summed E-state index contributed by atoms with van der Waals surface area (Å²) in [6, 6.07) is 12.0. The molecule has 2 heterocycles. The van der Waals surface area contributed by atoms with Crippen LogP contribution >= 0.6 is 0 Å². The second-order valence-electron chi connectivity index (χ2n) is 7.94. The Morgan fingerprint density at radius 3 is 2.79 bits per heavy atom. The zero-order valence-electron chi connectivity index (χ0n) is 18.4. The molecule has 4 rings (SSSR count). The van der Waals surface area contributed by atoms with Crippen molar-refractivity contribution < 1.29 is 13.6 Å². The third kappa shape index (κ3) is 4.95. The first-order valence-electron chi connectivity index (χ1n) is 10.9. The van der Waals surface area contributed by atoms with Gasteiger partial charge in [0.1, 0.15) is 11.6 Å². The number of halogens is 2. The standard InChI is InChI=1S/C26H23F2N5O/c1-2-24-22(26(34)31-20-9-6-18(16-29)7-10-20)17-30-33(24)14-4-13-32-12-3-5-25(32)21-15-19(27)8-11-23(21)28/h2,4,6-11,14-15,17,25H,1,3,5,12-13H2,(H,31,34). The molecule has 1 N–H and O–H groups in total. The summed E-state index contributed by atoms with van der Waals surface area (Å²) in [5.74, 6) is -1.19. The molecule has 1 atom stereocenters. The average Bonchev–Trinajstić information content (AvgIpc) is 3.48. The van der Waals surface area contributed by atoms with E-state index in [9.17, 15) is 13.6 Å². The van der Waals surface area contributed by atoms with E-state index >= 15 is 0 Å². The van der Waals surface area contributed by atoms with Crippen LogP contribution in [0.2, 0.25) is 0 Å². The van der Waals surface area contributed by atoms with Gasteiger partial charge in [0.05, 0.1) is 29.1 Å². The molecule has 1 aliphatic heterocycles. The van der Waals surface area contributed by atoms with Crippen molar-refractivity contribution in [2.45, 2.75) is 18.9 Å². The van der Waals surface area contributed by atoms with Gasteiger partial charge in [0.25, 0.3) is 5.91 Å². The molecule has 1 saturated heterocycles. The van der Waals surface area contributed by atoms with Crippen molar-refractivity contribution in [3.8, 4) is 6.07 Å². The van der Waals surface area contributed by atoms with E-state index in [0.717, 1.165) is 25.5 Å². The lowest BCUT2D eigenvalue weighted by atomic mass is 10.0. The third-order valence-corrected chi connectivity index (χ3v) is 5.81. The highest BCUT2D eigenvalue weighted by Gasteiger charge is 2.27. The van der Waals surface area contributed by atoms with Gasteiger partial charge < -0.3 is 5.32 Å². The van der Waals surface area contributed by atoms with Crippen LogP contribution in [0.3, 0.4) is 0 Å². The number of nitrogens with zero attached hydrogens (tertiary/aromatic N) is 4. The number of hydrogen-bond donors (Lipinski definition) is 1. The normalized spacial score (nSPS) is 16.0. The Morgan fingerprint density at radius 1 is 1.26 bits per heavy atom. The molecule has 1 amide bonds. The molecule has 0 spiro atoms. The molecule has 2 aromatic carbocycles. The van der Waals surface area contributed by atoms with Gasteiger partial charge in [-0.15, -0.1) is 0 Å². The summed E-state index contributed by atoms with van der Waals surface area (Å²) in [6.07, 6.45) is 8.26. The van der Waals surface area contributed by atoms with E-state index in [-0.39, 0.29) is 11.9 Å². The number of aromatic nitrogens is 2. The van der Waals surface area contributed by atoms with Crippen molar-refractivity contribution in [1.82, 2.24) is 14.7 Å². The van der Waals surface area contributed by atoms with Gasteiger partial charge >= 0.3 is 0 Å². The zero-order valence-corrected chi connectivity index (χ0v) is 18.4. The molecular weight excluding hydrogens is 436 g/mol. The number of hydrogen-bond acceptors (Lipinski definition) is 4. The summed E-state index contributed by atoms with van der Waals surface area (Å²) in [6.45, 7) is 5.09. The van der Waals surface area contributed by atoms with Crippen molar-refractivity contribution in [3.05, 3.63) is 95.3 Å². The van der Waals surface area contributed by atoms with Gasteiger partial charge in [-0.2, -0.15) is 10.4 Å². The molecule has 1 unspecified atom stereocenters. The first kappa shape index (κ1) is 23.1. The highest BCUT2D eigenvalue weighted by Crippen LogP contribution is 2.33. The van der Waals surface area contributed by atoms with Crippen LogP contribution in [0.15, 0.2) is 61.3 Å². The van der Waals surface area contributed by atoms with Crippen molar-refractivity contribution >= 4 is 23.9 Å². The van der Waals surface area contributed by atoms with Crippen LogP contribution in [-0.4, -0.2) is 33.7 Å². The number of likely N-dealkylation sites (tertiary alicyclic amines) is 1. The second kappa shape index (κ2) is 10.2. The molecule has 0 radical (unpaired) electrons. The minimum atomic E-state index is -0.447. The molecule has 0 bridgehead atoms. The SMILES string of the molecule is C=Cc1c(C(=O)Nc2ccc(C#N)cc2)cnn1C=CCN1CCCC1c1cc(F)ccc1F. The quantitative estimate of drug-likeness (QED) is 0.525. The van der Waals surface area contributed by atoms with Crippen LogP contribution in [0.4, 0.5) is 14.5 Å². The molecule has 8 heteroatoms. The van der Waals surface area contributed by atoms with E-state index in [1.807, 2.05) is 12.1 Å². The minimum absolute atomic E-state index is 0.189. The van der Waals surface area contributed by atoms with E-state index in [2.05, 4.69) is 21.9 Å². The fraction of sp³-hybridized carbons (Fsp3) is 0.192. The first-order chi connectivity index (χ1) is 16.5. The maximum Gasteiger partial charge on any atom is 0.259 e. The molecule has 6 nitrogen and oxygen atoms in total. The van der Waals surface area contributed by atoms with Crippen LogP contribution in [0.5, 0.6) is 0 Å². The Labute approximate surface area is 196 Å². The summed E-state index contributed by atoms with van der Waals surface area (Å²) in [7, 11) is 0. The lowest BCUT2D eigenvalue weighted by Crippen LogP contribution is -2.24. The van der Waals surface area contributed by atoms with Gasteiger partial charge in [0.2, 0.25) is 0 Å². The average molecular weight is 460 g/mol. The summed E-state index contributed by atoms with van der Waals surface area (Å²) >= 11 is 0. The van der Waals surface area contributed by atoms with Gasteiger partial charge in [-0.25, -0.2) is 13.5 Å². The maximum absolute atomic E-state index is 14.3. The summed E-state index contributed by atoms with van der Waals surface area (Å²) in [5, 5.41) is 15.9. The molecule has 0 aliphatic carbocycles. The number of anilines is 1. The zero-order chi connectivity index (χ0) is 24.1.